The van der Waals surface area contributed by atoms with Crippen molar-refractivity contribution in [2.75, 3.05) is 5.73 Å². The first-order valence-corrected chi connectivity index (χ1v) is 5.57. The molecule has 0 radical (unpaired) electrons. The Labute approximate surface area is 103 Å². The molecule has 0 fully saturated rings. The molecule has 0 atom stereocenters. The van der Waals surface area contributed by atoms with Gasteiger partial charge in [0.25, 0.3) is 0 Å². The Morgan fingerprint density at radius 2 is 2.28 bits per heavy atom. The van der Waals surface area contributed by atoms with Crippen LogP contribution in [0.15, 0.2) is 30.6 Å². The second-order valence-corrected chi connectivity index (χ2v) is 4.23. The van der Waals surface area contributed by atoms with E-state index in [0.29, 0.717) is 11.5 Å². The molecule has 0 amide bonds. The first kappa shape index (κ1) is 10.6. The molecule has 0 aliphatic carbocycles. The zero-order valence-corrected chi connectivity index (χ0v) is 9.84. The monoisotopic (exact) mass is 240 g/mol. The predicted molar refractivity (Wildman–Crippen MR) is 69.5 cm³/mol. The molecule has 90 valence electrons. The van der Waals surface area contributed by atoms with Gasteiger partial charge in [0.05, 0.1) is 5.69 Å². The SMILES string of the molecule is Cc1[nH]c(N)nc1-c1cc2cc(C=O)ccn2c1. The molecule has 5 heteroatoms. The van der Waals surface area contributed by atoms with E-state index in [-0.39, 0.29) is 0 Å². The third-order valence-electron chi connectivity index (χ3n) is 2.93. The minimum atomic E-state index is 0.409. The summed E-state index contributed by atoms with van der Waals surface area (Å²) in [6.07, 6.45) is 4.66. The summed E-state index contributed by atoms with van der Waals surface area (Å²) in [5.74, 6) is 0.409. The van der Waals surface area contributed by atoms with Gasteiger partial charge < -0.3 is 15.1 Å². The summed E-state index contributed by atoms with van der Waals surface area (Å²) in [7, 11) is 0. The number of fused-ring (bicyclic) bond motifs is 1. The van der Waals surface area contributed by atoms with E-state index in [1.54, 1.807) is 6.07 Å². The number of nitrogens with zero attached hydrogens (tertiary/aromatic N) is 2. The highest BCUT2D eigenvalue weighted by Crippen LogP contribution is 2.24. The van der Waals surface area contributed by atoms with Crippen molar-refractivity contribution in [1.29, 1.82) is 0 Å². The molecule has 3 rings (SSSR count). The van der Waals surface area contributed by atoms with Crippen molar-refractivity contribution < 1.29 is 4.79 Å². The van der Waals surface area contributed by atoms with Crippen LogP contribution in [0, 0.1) is 6.92 Å². The van der Waals surface area contributed by atoms with Crippen molar-refractivity contribution in [3.63, 3.8) is 0 Å². The number of nitrogens with two attached hydrogens (primary N) is 1. The molecule has 0 bridgehead atoms. The van der Waals surface area contributed by atoms with Crippen molar-refractivity contribution in [3.05, 3.63) is 41.9 Å². The van der Waals surface area contributed by atoms with Gasteiger partial charge in [0.15, 0.2) is 5.95 Å². The Morgan fingerprint density at radius 3 is 2.94 bits per heavy atom. The Hall–Kier alpha value is -2.56. The highest BCUT2D eigenvalue weighted by molar-refractivity contribution is 5.79. The van der Waals surface area contributed by atoms with Crippen molar-refractivity contribution in [1.82, 2.24) is 14.4 Å². The highest BCUT2D eigenvalue weighted by Gasteiger charge is 2.09. The number of hydrogen-bond acceptors (Lipinski definition) is 3. The van der Waals surface area contributed by atoms with Crippen LogP contribution in [0.4, 0.5) is 5.95 Å². The van der Waals surface area contributed by atoms with Gasteiger partial charge in [0, 0.05) is 34.7 Å². The number of anilines is 1. The van der Waals surface area contributed by atoms with Gasteiger partial charge in [-0.15, -0.1) is 0 Å². The fourth-order valence-electron chi connectivity index (χ4n) is 2.09. The van der Waals surface area contributed by atoms with Crippen LogP contribution < -0.4 is 5.73 Å². The van der Waals surface area contributed by atoms with E-state index in [1.807, 2.05) is 35.9 Å². The number of rotatable bonds is 2. The maximum atomic E-state index is 10.7. The van der Waals surface area contributed by atoms with Crippen LogP contribution in [-0.2, 0) is 0 Å². The molecule has 5 nitrogen and oxygen atoms in total. The Morgan fingerprint density at radius 1 is 1.44 bits per heavy atom. The number of aromatic amines is 1. The Balaban J connectivity index is 2.18. The van der Waals surface area contributed by atoms with Gasteiger partial charge in [0.2, 0.25) is 0 Å². The summed E-state index contributed by atoms with van der Waals surface area (Å²) in [6.45, 7) is 1.93. The zero-order chi connectivity index (χ0) is 12.7. The molecule has 0 saturated heterocycles. The van der Waals surface area contributed by atoms with Gasteiger partial charge in [-0.2, -0.15) is 0 Å². The molecule has 0 unspecified atom stereocenters. The molecule has 3 N–H and O–H groups in total. The van der Waals surface area contributed by atoms with Crippen molar-refractivity contribution >= 4 is 17.8 Å². The van der Waals surface area contributed by atoms with Crippen LogP contribution in [0.1, 0.15) is 16.1 Å². The largest absolute Gasteiger partial charge is 0.369 e. The fraction of sp³-hybridized carbons (Fsp3) is 0.0769. The van der Waals surface area contributed by atoms with Crippen LogP contribution in [0.3, 0.4) is 0 Å². The van der Waals surface area contributed by atoms with E-state index in [2.05, 4.69) is 9.97 Å². The second-order valence-electron chi connectivity index (χ2n) is 4.23. The van der Waals surface area contributed by atoms with Gasteiger partial charge in [-0.3, -0.25) is 4.79 Å². The zero-order valence-electron chi connectivity index (χ0n) is 9.84. The highest BCUT2D eigenvalue weighted by atomic mass is 16.1. The molecule has 0 aliphatic rings. The van der Waals surface area contributed by atoms with E-state index >= 15 is 0 Å². The quantitative estimate of drug-likeness (QED) is 0.673. The summed E-state index contributed by atoms with van der Waals surface area (Å²) < 4.78 is 1.95. The van der Waals surface area contributed by atoms with Gasteiger partial charge in [-0.25, -0.2) is 4.98 Å². The number of pyridine rings is 1. The molecular weight excluding hydrogens is 228 g/mol. The molecule has 0 saturated carbocycles. The lowest BCUT2D eigenvalue weighted by atomic mass is 10.2. The summed E-state index contributed by atoms with van der Waals surface area (Å²) in [5, 5.41) is 0. The van der Waals surface area contributed by atoms with E-state index in [0.717, 1.165) is 28.8 Å². The van der Waals surface area contributed by atoms with E-state index in [4.69, 9.17) is 5.73 Å². The van der Waals surface area contributed by atoms with Crippen molar-refractivity contribution in [3.8, 4) is 11.3 Å². The molecule has 3 aromatic heterocycles. The Bertz CT molecular complexity index is 739. The minimum absolute atomic E-state index is 0.409. The maximum absolute atomic E-state index is 10.7. The maximum Gasteiger partial charge on any atom is 0.198 e. The van der Waals surface area contributed by atoms with Crippen LogP contribution in [0.25, 0.3) is 16.8 Å². The normalized spacial score (nSPS) is 10.9. The van der Waals surface area contributed by atoms with Gasteiger partial charge >= 0.3 is 0 Å². The standard InChI is InChI=1S/C13H12N4O/c1-8-12(16-13(14)15-8)10-5-11-4-9(7-18)2-3-17(11)6-10/h2-7H,1H3,(H3,14,15,16). The summed E-state index contributed by atoms with van der Waals surface area (Å²) in [4.78, 5) is 18.0. The van der Waals surface area contributed by atoms with Crippen LogP contribution in [0.5, 0.6) is 0 Å². The number of carbonyl (C=O) groups is 1. The van der Waals surface area contributed by atoms with Crippen LogP contribution in [0.2, 0.25) is 0 Å². The summed E-state index contributed by atoms with van der Waals surface area (Å²) >= 11 is 0. The van der Waals surface area contributed by atoms with Gasteiger partial charge in [-0.1, -0.05) is 0 Å². The van der Waals surface area contributed by atoms with Crippen LogP contribution in [-0.4, -0.2) is 20.7 Å². The van der Waals surface area contributed by atoms with Gasteiger partial charge in [0.1, 0.15) is 6.29 Å². The lowest BCUT2D eigenvalue weighted by molar-refractivity contribution is 0.112. The fourth-order valence-corrected chi connectivity index (χ4v) is 2.09. The van der Waals surface area contributed by atoms with E-state index in [1.165, 1.54) is 0 Å². The number of carbonyl (C=O) groups excluding carboxylic acids is 1. The Kier molecular flexibility index (Phi) is 2.19. The molecule has 0 aromatic carbocycles. The molecule has 0 spiro atoms. The number of aryl methyl sites for hydroxylation is 1. The number of aldehydes is 1. The van der Waals surface area contributed by atoms with Crippen molar-refractivity contribution in [2.24, 2.45) is 0 Å². The third kappa shape index (κ3) is 1.57. The molecule has 3 aromatic rings. The first-order valence-electron chi connectivity index (χ1n) is 5.57. The molecule has 18 heavy (non-hydrogen) atoms. The first-order chi connectivity index (χ1) is 8.67. The number of imidazole rings is 1. The lowest BCUT2D eigenvalue weighted by Crippen LogP contribution is -1.85. The number of aromatic nitrogens is 3. The summed E-state index contributed by atoms with van der Waals surface area (Å²) in [5.41, 5.74) is 9.99. The second kappa shape index (κ2) is 3.73. The average Bonchev–Trinajstić information content (AvgIpc) is 2.90. The predicted octanol–water partition coefficient (Wildman–Crippen LogP) is 2.03. The average molecular weight is 240 g/mol. The van der Waals surface area contributed by atoms with E-state index < -0.39 is 0 Å². The third-order valence-corrected chi connectivity index (χ3v) is 2.93. The smallest absolute Gasteiger partial charge is 0.198 e. The number of nitrogen functional groups attached to an aromatic ring is 1. The van der Waals surface area contributed by atoms with E-state index in [9.17, 15) is 4.79 Å². The number of nitrogens with one attached hydrogen (secondary N) is 1. The van der Waals surface area contributed by atoms with Gasteiger partial charge in [-0.05, 0) is 25.1 Å². The van der Waals surface area contributed by atoms with Crippen LogP contribution >= 0.6 is 0 Å². The minimum Gasteiger partial charge on any atom is -0.369 e. The number of H-pyrrole nitrogens is 1. The molecule has 3 heterocycles. The molecular formula is C13H12N4O. The lowest BCUT2D eigenvalue weighted by Gasteiger charge is -1.93. The summed E-state index contributed by atoms with van der Waals surface area (Å²) in [6, 6.07) is 5.59. The molecule has 0 aliphatic heterocycles. The van der Waals surface area contributed by atoms with Crippen molar-refractivity contribution in [2.45, 2.75) is 6.92 Å². The number of hydrogen-bond donors (Lipinski definition) is 2. The topological polar surface area (TPSA) is 76.2 Å².